The third-order valence-electron chi connectivity index (χ3n) is 2.06. The molecule has 3 nitrogen and oxygen atoms in total. The number of nitrogens with zero attached hydrogens (tertiary/aromatic N) is 2. The summed E-state index contributed by atoms with van der Waals surface area (Å²) in [6, 6.07) is 0. The molecule has 1 amide bonds. The van der Waals surface area contributed by atoms with Crippen molar-refractivity contribution in [2.75, 3.05) is 11.4 Å². The molecule has 0 N–H and O–H groups in total. The van der Waals surface area contributed by atoms with Crippen LogP contribution in [0.3, 0.4) is 0 Å². The van der Waals surface area contributed by atoms with Crippen molar-refractivity contribution >= 4 is 35.8 Å². The van der Waals surface area contributed by atoms with Crippen LogP contribution in [0.1, 0.15) is 19.3 Å². The Morgan fingerprint density at radius 2 is 2.38 bits per heavy atom. The Bertz CT molecular complexity index is 326. The standard InChI is InChI=1S/C8H9BN2OS/c9-6-5-13-8(10-6)11-4-2-1-3-7(11)12/h5H,1-4H2. The Morgan fingerprint density at radius 3 is 3.00 bits per heavy atom. The highest BCUT2D eigenvalue weighted by molar-refractivity contribution is 7.14. The van der Waals surface area contributed by atoms with E-state index in [0.29, 0.717) is 12.0 Å². The van der Waals surface area contributed by atoms with Crippen LogP contribution in [0.2, 0.25) is 0 Å². The lowest BCUT2D eigenvalue weighted by Gasteiger charge is -2.23. The molecule has 1 aliphatic heterocycles. The first-order valence-corrected chi connectivity index (χ1v) is 5.17. The molecule has 0 saturated carbocycles. The third-order valence-corrected chi connectivity index (χ3v) is 2.95. The fraction of sp³-hybridized carbons (Fsp3) is 0.500. The molecule has 0 spiro atoms. The molecule has 13 heavy (non-hydrogen) atoms. The van der Waals surface area contributed by atoms with Crippen molar-refractivity contribution < 1.29 is 4.79 Å². The quantitative estimate of drug-likeness (QED) is 0.605. The molecule has 1 saturated heterocycles. The number of piperidine rings is 1. The first kappa shape index (κ1) is 8.75. The Kier molecular flexibility index (Phi) is 2.35. The van der Waals surface area contributed by atoms with Gasteiger partial charge in [0.2, 0.25) is 5.91 Å². The second-order valence-corrected chi connectivity index (χ2v) is 3.89. The lowest BCUT2D eigenvalue weighted by Crippen LogP contribution is -2.35. The van der Waals surface area contributed by atoms with Crippen molar-refractivity contribution in [3.8, 4) is 0 Å². The van der Waals surface area contributed by atoms with Gasteiger partial charge in [-0.05, 0) is 12.8 Å². The Labute approximate surface area is 82.2 Å². The molecule has 2 heterocycles. The van der Waals surface area contributed by atoms with E-state index >= 15 is 0 Å². The average Bonchev–Trinajstić information content (AvgIpc) is 2.53. The smallest absolute Gasteiger partial charge is 0.228 e. The maximum absolute atomic E-state index is 11.5. The number of hydrogen-bond donors (Lipinski definition) is 0. The molecule has 0 aromatic carbocycles. The first-order valence-electron chi connectivity index (χ1n) is 4.29. The molecular weight excluding hydrogens is 183 g/mol. The number of hydrogen-bond acceptors (Lipinski definition) is 3. The van der Waals surface area contributed by atoms with E-state index < -0.39 is 0 Å². The SMILES string of the molecule is [B]c1csc(N2CCCCC2=O)n1. The Hall–Kier alpha value is -0.835. The highest BCUT2D eigenvalue weighted by atomic mass is 32.1. The molecule has 2 radical (unpaired) electrons. The number of amides is 1. The van der Waals surface area contributed by atoms with E-state index in [2.05, 4.69) is 4.98 Å². The molecule has 0 aliphatic carbocycles. The van der Waals surface area contributed by atoms with Crippen molar-refractivity contribution in [3.05, 3.63) is 5.38 Å². The second-order valence-electron chi connectivity index (χ2n) is 3.06. The predicted octanol–water partition coefficient (Wildman–Crippen LogP) is 0.454. The van der Waals surface area contributed by atoms with Gasteiger partial charge in [0.05, 0.1) is 0 Å². The van der Waals surface area contributed by atoms with Crippen LogP contribution in [0.15, 0.2) is 5.38 Å². The van der Waals surface area contributed by atoms with Crippen LogP contribution in [0.25, 0.3) is 0 Å². The van der Waals surface area contributed by atoms with E-state index in [-0.39, 0.29) is 5.91 Å². The number of rotatable bonds is 1. The summed E-state index contributed by atoms with van der Waals surface area (Å²) in [4.78, 5) is 17.3. The summed E-state index contributed by atoms with van der Waals surface area (Å²) in [5.41, 5.74) is 0.498. The zero-order valence-electron chi connectivity index (χ0n) is 7.19. The van der Waals surface area contributed by atoms with E-state index in [9.17, 15) is 4.79 Å². The van der Waals surface area contributed by atoms with E-state index in [0.717, 1.165) is 24.5 Å². The molecule has 1 aromatic heterocycles. The van der Waals surface area contributed by atoms with Crippen molar-refractivity contribution in [1.29, 1.82) is 0 Å². The molecule has 1 aliphatic rings. The van der Waals surface area contributed by atoms with Crippen molar-refractivity contribution in [1.82, 2.24) is 4.98 Å². The van der Waals surface area contributed by atoms with Gasteiger partial charge in [0.25, 0.3) is 0 Å². The molecule has 66 valence electrons. The van der Waals surface area contributed by atoms with Gasteiger partial charge in [0.1, 0.15) is 7.85 Å². The Morgan fingerprint density at radius 1 is 1.54 bits per heavy atom. The maximum atomic E-state index is 11.5. The number of carbonyl (C=O) groups is 1. The summed E-state index contributed by atoms with van der Waals surface area (Å²) in [6.45, 7) is 0.784. The van der Waals surface area contributed by atoms with Gasteiger partial charge in [-0.1, -0.05) is 0 Å². The molecule has 1 aromatic rings. The molecule has 0 atom stereocenters. The van der Waals surface area contributed by atoms with Crippen LogP contribution in [0.5, 0.6) is 0 Å². The van der Waals surface area contributed by atoms with Crippen LogP contribution in [0.4, 0.5) is 5.13 Å². The minimum absolute atomic E-state index is 0.167. The van der Waals surface area contributed by atoms with Gasteiger partial charge in [0.15, 0.2) is 5.13 Å². The summed E-state index contributed by atoms with van der Waals surface area (Å²) in [6.07, 6.45) is 2.70. The van der Waals surface area contributed by atoms with Crippen LogP contribution in [-0.4, -0.2) is 25.3 Å². The number of carbonyl (C=O) groups excluding carboxylic acids is 1. The zero-order valence-corrected chi connectivity index (χ0v) is 8.01. The molecular formula is C8H9BN2OS. The first-order chi connectivity index (χ1) is 6.27. The van der Waals surface area contributed by atoms with Gasteiger partial charge in [-0.3, -0.25) is 9.69 Å². The lowest BCUT2D eigenvalue weighted by atomic mass is 10.1. The van der Waals surface area contributed by atoms with E-state index in [4.69, 9.17) is 7.85 Å². The molecule has 2 rings (SSSR count). The summed E-state index contributed by atoms with van der Waals surface area (Å²) < 4.78 is 0. The van der Waals surface area contributed by atoms with Crippen molar-refractivity contribution in [2.45, 2.75) is 19.3 Å². The fourth-order valence-corrected chi connectivity index (χ4v) is 2.17. The summed E-state index contributed by atoms with van der Waals surface area (Å²) in [5.74, 6) is 0.167. The highest BCUT2D eigenvalue weighted by Crippen LogP contribution is 2.21. The van der Waals surface area contributed by atoms with Gasteiger partial charge in [-0.25, -0.2) is 4.98 Å². The van der Waals surface area contributed by atoms with Gasteiger partial charge in [-0.15, -0.1) is 11.3 Å². The van der Waals surface area contributed by atoms with Crippen molar-refractivity contribution in [2.24, 2.45) is 0 Å². The molecule has 5 heteroatoms. The number of thiazole rings is 1. The molecule has 0 unspecified atom stereocenters. The predicted molar refractivity (Wildman–Crippen MR) is 53.7 cm³/mol. The minimum Gasteiger partial charge on any atom is -0.288 e. The van der Waals surface area contributed by atoms with Gasteiger partial charge >= 0.3 is 0 Å². The van der Waals surface area contributed by atoms with E-state index in [1.807, 2.05) is 0 Å². The largest absolute Gasteiger partial charge is 0.288 e. The Balaban J connectivity index is 2.19. The summed E-state index contributed by atoms with van der Waals surface area (Å²) >= 11 is 1.43. The number of aromatic nitrogens is 1. The average molecular weight is 192 g/mol. The van der Waals surface area contributed by atoms with Gasteiger partial charge in [-0.2, -0.15) is 0 Å². The monoisotopic (exact) mass is 192 g/mol. The maximum Gasteiger partial charge on any atom is 0.228 e. The number of anilines is 1. The van der Waals surface area contributed by atoms with Crippen molar-refractivity contribution in [3.63, 3.8) is 0 Å². The zero-order chi connectivity index (χ0) is 9.26. The van der Waals surface area contributed by atoms with Crippen LogP contribution in [-0.2, 0) is 4.79 Å². The highest BCUT2D eigenvalue weighted by Gasteiger charge is 2.21. The second kappa shape index (κ2) is 3.50. The molecule has 1 fully saturated rings. The van der Waals surface area contributed by atoms with E-state index in [1.165, 1.54) is 11.3 Å². The van der Waals surface area contributed by atoms with E-state index in [1.54, 1.807) is 10.3 Å². The lowest BCUT2D eigenvalue weighted by molar-refractivity contribution is -0.119. The van der Waals surface area contributed by atoms with Gasteiger partial charge < -0.3 is 0 Å². The minimum atomic E-state index is 0.167. The third kappa shape index (κ3) is 1.75. The normalized spacial score (nSPS) is 17.8. The molecule has 0 bridgehead atoms. The topological polar surface area (TPSA) is 33.2 Å². The van der Waals surface area contributed by atoms with Gasteiger partial charge in [0, 0.05) is 23.9 Å². The van der Waals surface area contributed by atoms with Crippen LogP contribution < -0.4 is 10.5 Å². The van der Waals surface area contributed by atoms with Crippen LogP contribution in [0, 0.1) is 0 Å². The summed E-state index contributed by atoms with van der Waals surface area (Å²) in [7, 11) is 5.49. The van der Waals surface area contributed by atoms with Crippen LogP contribution >= 0.6 is 11.3 Å². The fourth-order valence-electron chi connectivity index (χ4n) is 1.41. The summed E-state index contributed by atoms with van der Waals surface area (Å²) in [5, 5.41) is 2.50.